The van der Waals surface area contributed by atoms with Gasteiger partial charge >= 0.3 is 0 Å². The van der Waals surface area contributed by atoms with Gasteiger partial charge < -0.3 is 11.5 Å². The van der Waals surface area contributed by atoms with Crippen molar-refractivity contribution in [2.24, 2.45) is 21.7 Å². The van der Waals surface area contributed by atoms with E-state index in [9.17, 15) is 0 Å². The monoisotopic (exact) mass is 193 g/mol. The van der Waals surface area contributed by atoms with Gasteiger partial charge in [-0.25, -0.2) is 0 Å². The third kappa shape index (κ3) is 2.57. The Hall–Kier alpha value is -1.87. The Morgan fingerprint density at radius 1 is 1.46 bits per heavy atom. The van der Waals surface area contributed by atoms with E-state index in [4.69, 9.17) is 16.7 Å². The number of nitriles is 1. The van der Waals surface area contributed by atoms with E-state index in [1.54, 1.807) is 6.07 Å². The summed E-state index contributed by atoms with van der Waals surface area (Å²) in [5.41, 5.74) is 10.3. The van der Waals surface area contributed by atoms with Crippen LogP contribution in [0.25, 0.3) is 0 Å². The second-order valence-corrected chi connectivity index (χ2v) is 3.01. The quantitative estimate of drug-likeness (QED) is 0.400. The molecule has 0 saturated carbocycles. The molecule has 1 aromatic rings. The maximum atomic E-state index is 8.69. The van der Waals surface area contributed by atoms with Crippen LogP contribution in [0.15, 0.2) is 27.7 Å². The van der Waals surface area contributed by atoms with Gasteiger partial charge in [-0.05, 0) is 11.4 Å². The molecular weight excluding hydrogens is 186 g/mol. The highest BCUT2D eigenvalue weighted by atomic mass is 32.1. The molecule has 66 valence electrons. The molecule has 0 spiro atoms. The summed E-state index contributed by atoms with van der Waals surface area (Å²) in [4.78, 5) is 0.743. The standard InChI is InChI=1S/C7H7N5S/c8-4-5(11-12-7(9)10)6-2-1-3-13-6/h1-3H,(H4,9,10,12)/b11-5+. The van der Waals surface area contributed by atoms with Gasteiger partial charge in [-0.3, -0.25) is 0 Å². The molecule has 0 bridgehead atoms. The molecule has 1 rings (SSSR count). The van der Waals surface area contributed by atoms with Gasteiger partial charge in [0.15, 0.2) is 5.71 Å². The first kappa shape index (κ1) is 9.22. The summed E-state index contributed by atoms with van der Waals surface area (Å²) >= 11 is 1.40. The number of hydrogen-bond donors (Lipinski definition) is 2. The van der Waals surface area contributed by atoms with Gasteiger partial charge in [-0.15, -0.1) is 21.5 Å². The summed E-state index contributed by atoms with van der Waals surface area (Å²) in [7, 11) is 0. The lowest BCUT2D eigenvalue weighted by Crippen LogP contribution is -2.22. The molecule has 0 radical (unpaired) electrons. The summed E-state index contributed by atoms with van der Waals surface area (Å²) in [6, 6.07) is 5.50. The molecule has 0 atom stereocenters. The minimum atomic E-state index is -0.163. The van der Waals surface area contributed by atoms with Crippen LogP contribution in [0, 0.1) is 11.3 Å². The van der Waals surface area contributed by atoms with Crippen LogP contribution in [-0.4, -0.2) is 11.7 Å². The Morgan fingerprint density at radius 3 is 2.69 bits per heavy atom. The van der Waals surface area contributed by atoms with Crippen molar-refractivity contribution in [1.29, 1.82) is 5.26 Å². The maximum absolute atomic E-state index is 8.69. The van der Waals surface area contributed by atoms with Gasteiger partial charge in [0.25, 0.3) is 0 Å². The molecule has 0 aliphatic heterocycles. The predicted octanol–water partition coefficient (Wildman–Crippen LogP) is 0.249. The number of hydrogen-bond acceptors (Lipinski definition) is 4. The SMILES string of the molecule is N#C/C(=N\N=C(N)N)c1cccs1. The average molecular weight is 193 g/mol. The molecule has 5 nitrogen and oxygen atoms in total. The van der Waals surface area contributed by atoms with Crippen LogP contribution in [-0.2, 0) is 0 Å². The van der Waals surface area contributed by atoms with E-state index < -0.39 is 0 Å². The number of rotatable bonds is 2. The topological polar surface area (TPSA) is 101 Å². The van der Waals surface area contributed by atoms with E-state index in [-0.39, 0.29) is 11.7 Å². The molecule has 6 heteroatoms. The molecule has 0 aromatic carbocycles. The fourth-order valence-electron chi connectivity index (χ4n) is 0.648. The fraction of sp³-hybridized carbons (Fsp3) is 0. The van der Waals surface area contributed by atoms with Crippen LogP contribution < -0.4 is 11.5 Å². The van der Waals surface area contributed by atoms with Gasteiger partial charge in [0.2, 0.25) is 5.96 Å². The van der Waals surface area contributed by atoms with E-state index in [0.717, 1.165) is 4.88 Å². The minimum absolute atomic E-state index is 0.163. The molecule has 0 aliphatic carbocycles. The van der Waals surface area contributed by atoms with Crippen LogP contribution >= 0.6 is 11.3 Å². The van der Waals surface area contributed by atoms with Gasteiger partial charge in [0.05, 0.1) is 4.88 Å². The Labute approximate surface area is 79.0 Å². The number of guanidine groups is 1. The molecule has 0 saturated heterocycles. The molecule has 0 fully saturated rings. The van der Waals surface area contributed by atoms with Crippen molar-refractivity contribution in [2.45, 2.75) is 0 Å². The average Bonchev–Trinajstić information content (AvgIpc) is 2.58. The third-order valence-electron chi connectivity index (χ3n) is 1.13. The summed E-state index contributed by atoms with van der Waals surface area (Å²) in [5.74, 6) is -0.163. The van der Waals surface area contributed by atoms with Crippen molar-refractivity contribution in [3.8, 4) is 6.07 Å². The Kier molecular flexibility index (Phi) is 3.00. The third-order valence-corrected chi connectivity index (χ3v) is 2.00. The first-order chi connectivity index (χ1) is 6.24. The zero-order valence-electron chi connectivity index (χ0n) is 6.64. The summed E-state index contributed by atoms with van der Waals surface area (Å²) in [5, 5.41) is 17.5. The van der Waals surface area contributed by atoms with Crippen molar-refractivity contribution in [2.75, 3.05) is 0 Å². The summed E-state index contributed by atoms with van der Waals surface area (Å²) in [6.45, 7) is 0. The normalized spacial score (nSPS) is 10.5. The number of nitrogens with two attached hydrogens (primary N) is 2. The van der Waals surface area contributed by atoms with Crippen LogP contribution in [0.1, 0.15) is 4.88 Å². The number of nitrogens with zero attached hydrogens (tertiary/aromatic N) is 3. The lowest BCUT2D eigenvalue weighted by atomic mass is 10.3. The maximum Gasteiger partial charge on any atom is 0.211 e. The van der Waals surface area contributed by atoms with Crippen LogP contribution in [0.5, 0.6) is 0 Å². The van der Waals surface area contributed by atoms with E-state index in [0.29, 0.717) is 0 Å². The molecule has 0 amide bonds. The van der Waals surface area contributed by atoms with Crippen molar-refractivity contribution < 1.29 is 0 Å². The molecule has 0 unspecified atom stereocenters. The summed E-state index contributed by atoms with van der Waals surface area (Å²) in [6.07, 6.45) is 0. The van der Waals surface area contributed by atoms with E-state index >= 15 is 0 Å². The number of thiophene rings is 1. The minimum Gasteiger partial charge on any atom is -0.369 e. The first-order valence-electron chi connectivity index (χ1n) is 3.34. The van der Waals surface area contributed by atoms with E-state index in [1.165, 1.54) is 11.3 Å². The zero-order valence-corrected chi connectivity index (χ0v) is 7.45. The molecule has 4 N–H and O–H groups in total. The molecular formula is C7H7N5S. The Balaban J connectivity index is 2.95. The van der Waals surface area contributed by atoms with Gasteiger partial charge in [-0.2, -0.15) is 5.26 Å². The van der Waals surface area contributed by atoms with E-state index in [2.05, 4.69) is 10.2 Å². The van der Waals surface area contributed by atoms with E-state index in [1.807, 2.05) is 17.5 Å². The van der Waals surface area contributed by atoms with Crippen molar-refractivity contribution in [3.05, 3.63) is 22.4 Å². The molecule has 1 aromatic heterocycles. The first-order valence-corrected chi connectivity index (χ1v) is 4.22. The fourth-order valence-corrected chi connectivity index (χ4v) is 1.31. The van der Waals surface area contributed by atoms with Crippen LogP contribution in [0.4, 0.5) is 0 Å². The van der Waals surface area contributed by atoms with Crippen LogP contribution in [0.2, 0.25) is 0 Å². The Bertz CT molecular complexity index is 366. The largest absolute Gasteiger partial charge is 0.369 e. The second kappa shape index (κ2) is 4.23. The van der Waals surface area contributed by atoms with Gasteiger partial charge in [0.1, 0.15) is 6.07 Å². The van der Waals surface area contributed by atoms with Gasteiger partial charge in [0, 0.05) is 0 Å². The smallest absolute Gasteiger partial charge is 0.211 e. The Morgan fingerprint density at radius 2 is 2.23 bits per heavy atom. The molecule has 13 heavy (non-hydrogen) atoms. The zero-order chi connectivity index (χ0) is 9.68. The lowest BCUT2D eigenvalue weighted by molar-refractivity contribution is 1.21. The second-order valence-electron chi connectivity index (χ2n) is 2.06. The summed E-state index contributed by atoms with van der Waals surface area (Å²) < 4.78 is 0. The highest BCUT2D eigenvalue weighted by Crippen LogP contribution is 2.09. The molecule has 1 heterocycles. The van der Waals surface area contributed by atoms with Crippen LogP contribution in [0.3, 0.4) is 0 Å². The van der Waals surface area contributed by atoms with Gasteiger partial charge in [-0.1, -0.05) is 6.07 Å². The predicted molar refractivity (Wildman–Crippen MR) is 52.3 cm³/mol. The highest BCUT2D eigenvalue weighted by molar-refractivity contribution is 7.12. The molecule has 0 aliphatic rings. The van der Waals surface area contributed by atoms with Crippen molar-refractivity contribution in [1.82, 2.24) is 0 Å². The lowest BCUT2D eigenvalue weighted by Gasteiger charge is -1.88. The highest BCUT2D eigenvalue weighted by Gasteiger charge is 2.01. The van der Waals surface area contributed by atoms with Crippen molar-refractivity contribution in [3.63, 3.8) is 0 Å². The van der Waals surface area contributed by atoms with Crippen molar-refractivity contribution >= 4 is 23.0 Å².